The fourth-order valence-corrected chi connectivity index (χ4v) is 9.37. The number of carbonyl (C=O) groups excluding carboxylic acids is 1. The highest BCUT2D eigenvalue weighted by Gasteiger charge is 2.44. The van der Waals surface area contributed by atoms with E-state index in [2.05, 4.69) is 33.9 Å². The molecule has 45 heavy (non-hydrogen) atoms. The first-order chi connectivity index (χ1) is 21.7. The Hall–Kier alpha value is -2.59. The van der Waals surface area contributed by atoms with Crippen molar-refractivity contribution >= 4 is 33.2 Å². The van der Waals surface area contributed by atoms with Crippen molar-refractivity contribution in [2.75, 3.05) is 44.9 Å². The molecule has 2 bridgehead atoms. The van der Waals surface area contributed by atoms with Gasteiger partial charge in [0.25, 0.3) is 5.91 Å². The van der Waals surface area contributed by atoms with E-state index in [0.717, 1.165) is 55.9 Å². The lowest BCUT2D eigenvalue weighted by atomic mass is 9.68. The molecule has 4 aliphatic rings. The number of allylic oxidation sites excluding steroid dienone is 1. The van der Waals surface area contributed by atoms with Gasteiger partial charge in [-0.1, -0.05) is 36.7 Å². The van der Waals surface area contributed by atoms with Crippen LogP contribution >= 0.6 is 11.6 Å². The molecule has 6 rings (SSSR count). The molecule has 2 aliphatic heterocycles. The molecule has 0 saturated heterocycles. The van der Waals surface area contributed by atoms with Crippen molar-refractivity contribution in [1.82, 2.24) is 4.72 Å². The molecule has 2 aromatic carbocycles. The molecule has 5 atom stereocenters. The number of hydrogen-bond donors (Lipinski definition) is 1. The van der Waals surface area contributed by atoms with Crippen LogP contribution in [0.1, 0.15) is 73.4 Å². The molecule has 1 spiro atoms. The predicted octanol–water partition coefficient (Wildman–Crippen LogP) is 6.06. The summed E-state index contributed by atoms with van der Waals surface area (Å²) in [6.07, 6.45) is 10.7. The van der Waals surface area contributed by atoms with Crippen LogP contribution in [0.15, 0.2) is 48.6 Å². The number of carbonyl (C=O) groups is 1. The van der Waals surface area contributed by atoms with Crippen molar-refractivity contribution in [2.24, 2.45) is 11.8 Å². The van der Waals surface area contributed by atoms with E-state index in [9.17, 15) is 13.2 Å². The van der Waals surface area contributed by atoms with Gasteiger partial charge in [0.2, 0.25) is 10.0 Å². The van der Waals surface area contributed by atoms with Gasteiger partial charge in [0, 0.05) is 36.2 Å². The number of benzene rings is 2. The summed E-state index contributed by atoms with van der Waals surface area (Å²) in [6.45, 7) is 4.89. The fraction of sp³-hybridized carbons (Fsp3) is 0.571. The molecular weight excluding hydrogens is 612 g/mol. The molecule has 1 N–H and O–H groups in total. The summed E-state index contributed by atoms with van der Waals surface area (Å²) >= 11 is 6.43. The minimum Gasteiger partial charge on any atom is -0.490 e. The normalized spacial score (nSPS) is 30.2. The molecule has 2 aliphatic carbocycles. The number of nitrogens with one attached hydrogen (secondary N) is 1. The standard InChI is InChI=1S/C35H45ClN2O6S/c1-3-28-8-4-5-9-32(43-18-17-42-2)29-13-10-26(29)21-38-22-35(16-6-7-24-19-27(36)12-14-30(24)35)23-44-33-15-11-25(20-31(33)38)34(39)37-45(28,40)41/h5,9,11-12,14-15,19-20,26,28-29,32H,3-4,6-8,10,13,16-18,21-23H2,1-2H3,(H,37,39)/b9-5-/t26-,28+,29+,32-,35-/m0/s1. The molecule has 2 aromatic rings. The maximum Gasteiger partial charge on any atom is 0.264 e. The van der Waals surface area contributed by atoms with E-state index in [1.54, 1.807) is 13.2 Å². The van der Waals surface area contributed by atoms with E-state index in [1.165, 1.54) is 11.1 Å². The predicted molar refractivity (Wildman–Crippen MR) is 177 cm³/mol. The Kier molecular flexibility index (Phi) is 9.81. The second-order valence-electron chi connectivity index (χ2n) is 13.1. The first kappa shape index (κ1) is 32.4. The molecule has 1 saturated carbocycles. The third-order valence-corrected chi connectivity index (χ3v) is 12.5. The number of methoxy groups -OCH3 is 1. The Morgan fingerprint density at radius 2 is 2.00 bits per heavy atom. The molecule has 1 fully saturated rings. The fourth-order valence-electron chi connectivity index (χ4n) is 7.74. The van der Waals surface area contributed by atoms with Gasteiger partial charge in [-0.3, -0.25) is 4.79 Å². The summed E-state index contributed by atoms with van der Waals surface area (Å²) < 4.78 is 47.3. The minimum atomic E-state index is -3.88. The van der Waals surface area contributed by atoms with Crippen molar-refractivity contribution in [3.05, 3.63) is 70.3 Å². The van der Waals surface area contributed by atoms with E-state index in [4.69, 9.17) is 25.8 Å². The maximum atomic E-state index is 13.4. The van der Waals surface area contributed by atoms with Crippen LogP contribution in [0.4, 0.5) is 5.69 Å². The molecule has 0 radical (unpaired) electrons. The number of aryl methyl sites for hydroxylation is 1. The zero-order valence-corrected chi connectivity index (χ0v) is 27.9. The van der Waals surface area contributed by atoms with E-state index >= 15 is 0 Å². The summed E-state index contributed by atoms with van der Waals surface area (Å²) in [5.74, 6) is 0.809. The molecule has 0 unspecified atom stereocenters. The molecule has 10 heteroatoms. The van der Waals surface area contributed by atoms with Crippen LogP contribution in [0.2, 0.25) is 5.02 Å². The topological polar surface area (TPSA) is 94.2 Å². The Morgan fingerprint density at radius 1 is 1.13 bits per heavy atom. The zero-order chi connectivity index (χ0) is 31.6. The van der Waals surface area contributed by atoms with Gasteiger partial charge in [-0.2, -0.15) is 0 Å². The first-order valence-electron chi connectivity index (χ1n) is 16.4. The van der Waals surface area contributed by atoms with E-state index in [1.807, 2.05) is 25.1 Å². The van der Waals surface area contributed by atoms with Gasteiger partial charge >= 0.3 is 0 Å². The second kappa shape index (κ2) is 13.6. The summed E-state index contributed by atoms with van der Waals surface area (Å²) in [6, 6.07) is 11.5. The maximum absolute atomic E-state index is 13.4. The Bertz CT molecular complexity index is 1530. The number of amides is 1. The highest BCUT2D eigenvalue weighted by molar-refractivity contribution is 7.90. The first-order valence-corrected chi connectivity index (χ1v) is 18.3. The van der Waals surface area contributed by atoms with Crippen molar-refractivity contribution in [3.8, 4) is 5.75 Å². The number of hydrogen-bond acceptors (Lipinski definition) is 7. The van der Waals surface area contributed by atoms with Gasteiger partial charge < -0.3 is 19.1 Å². The number of rotatable bonds is 5. The van der Waals surface area contributed by atoms with Crippen molar-refractivity contribution in [3.63, 3.8) is 0 Å². The number of ether oxygens (including phenoxy) is 3. The van der Waals surface area contributed by atoms with Crippen LogP contribution in [0.5, 0.6) is 5.75 Å². The third kappa shape index (κ3) is 6.78. The Morgan fingerprint density at radius 3 is 2.78 bits per heavy atom. The molecular formula is C35H45ClN2O6S. The highest BCUT2D eigenvalue weighted by atomic mass is 35.5. The van der Waals surface area contributed by atoms with Crippen LogP contribution in [0, 0.1) is 11.8 Å². The summed E-state index contributed by atoms with van der Waals surface area (Å²) in [7, 11) is -2.20. The van der Waals surface area contributed by atoms with Crippen LogP contribution in [-0.4, -0.2) is 65.7 Å². The van der Waals surface area contributed by atoms with Crippen LogP contribution < -0.4 is 14.4 Å². The summed E-state index contributed by atoms with van der Waals surface area (Å²) in [4.78, 5) is 15.8. The van der Waals surface area contributed by atoms with Gasteiger partial charge in [-0.25, -0.2) is 13.1 Å². The van der Waals surface area contributed by atoms with Gasteiger partial charge in [0.15, 0.2) is 0 Å². The largest absolute Gasteiger partial charge is 0.490 e. The number of anilines is 1. The quantitative estimate of drug-likeness (QED) is 0.309. The van der Waals surface area contributed by atoms with Crippen molar-refractivity contribution < 1.29 is 27.4 Å². The average Bonchev–Trinajstić information content (AvgIpc) is 3.15. The number of halogens is 1. The molecule has 244 valence electrons. The van der Waals surface area contributed by atoms with E-state index in [0.29, 0.717) is 62.2 Å². The SMILES string of the molecule is CC[C@@H]1CC/C=C\[C@H](OCCOC)[C@@H]2CC[C@H]2CN2C[C@@]3(CCCc4cc(Cl)ccc43)COc3ccc(cc32)C(=O)NS1(=O)=O. The lowest BCUT2D eigenvalue weighted by molar-refractivity contribution is -0.0309. The minimum absolute atomic E-state index is 0.0799. The van der Waals surface area contributed by atoms with Crippen molar-refractivity contribution in [2.45, 2.75) is 75.1 Å². The number of sulfonamides is 1. The monoisotopic (exact) mass is 656 g/mol. The van der Waals surface area contributed by atoms with Crippen LogP contribution in [0.25, 0.3) is 0 Å². The summed E-state index contributed by atoms with van der Waals surface area (Å²) in [5, 5.41) is 0.0677. The van der Waals surface area contributed by atoms with Crippen LogP contribution in [0.3, 0.4) is 0 Å². The van der Waals surface area contributed by atoms with Gasteiger partial charge in [-0.15, -0.1) is 0 Å². The van der Waals surface area contributed by atoms with Crippen molar-refractivity contribution in [1.29, 1.82) is 0 Å². The third-order valence-electron chi connectivity index (χ3n) is 10.4. The Labute approximate surface area is 272 Å². The molecule has 0 aromatic heterocycles. The lowest BCUT2D eigenvalue weighted by Gasteiger charge is -2.46. The average molecular weight is 657 g/mol. The highest BCUT2D eigenvalue weighted by Crippen LogP contribution is 2.47. The molecule has 1 amide bonds. The van der Waals surface area contributed by atoms with Gasteiger partial charge in [0.05, 0.1) is 36.9 Å². The lowest BCUT2D eigenvalue weighted by Crippen LogP contribution is -2.49. The zero-order valence-electron chi connectivity index (χ0n) is 26.3. The van der Waals surface area contributed by atoms with Crippen LogP contribution in [-0.2, 0) is 31.3 Å². The van der Waals surface area contributed by atoms with E-state index in [-0.39, 0.29) is 11.5 Å². The smallest absolute Gasteiger partial charge is 0.264 e. The van der Waals surface area contributed by atoms with Gasteiger partial charge in [0.1, 0.15) is 5.75 Å². The second-order valence-corrected chi connectivity index (χ2v) is 15.5. The number of nitrogens with zero attached hydrogens (tertiary/aromatic N) is 1. The van der Waals surface area contributed by atoms with Gasteiger partial charge in [-0.05, 0) is 105 Å². The Balaban J connectivity index is 1.41. The van der Waals surface area contributed by atoms with E-state index < -0.39 is 21.2 Å². The summed E-state index contributed by atoms with van der Waals surface area (Å²) in [5.41, 5.74) is 3.44. The molecule has 8 nitrogen and oxygen atoms in total. The molecule has 2 heterocycles. The number of fused-ring (bicyclic) bond motifs is 4.